The van der Waals surface area contributed by atoms with Gasteiger partial charge >= 0.3 is 5.97 Å². The molecule has 0 aromatic heterocycles. The Balaban J connectivity index is 2.05. The molecule has 1 fully saturated rings. The summed E-state index contributed by atoms with van der Waals surface area (Å²) in [6.07, 6.45) is 6.39. The summed E-state index contributed by atoms with van der Waals surface area (Å²) in [5.41, 5.74) is 0. The Morgan fingerprint density at radius 3 is 2.50 bits per heavy atom. The van der Waals surface area contributed by atoms with E-state index in [9.17, 15) is 9.59 Å². The Bertz CT molecular complexity index is 209. The van der Waals surface area contributed by atoms with E-state index in [-0.39, 0.29) is 12.5 Å². The zero-order chi connectivity index (χ0) is 10.4. The number of rotatable bonds is 5. The third kappa shape index (κ3) is 4.25. The maximum atomic E-state index is 11.1. The van der Waals surface area contributed by atoms with Gasteiger partial charge in [-0.15, -0.1) is 0 Å². The van der Waals surface area contributed by atoms with Crippen molar-refractivity contribution in [3.05, 3.63) is 0 Å². The predicted molar refractivity (Wildman–Crippen MR) is 51.8 cm³/mol. The lowest BCUT2D eigenvalue weighted by atomic mass is 10.0. The van der Waals surface area contributed by atoms with Gasteiger partial charge in [-0.3, -0.25) is 9.59 Å². The van der Waals surface area contributed by atoms with Gasteiger partial charge < -0.3 is 10.4 Å². The third-order valence-corrected chi connectivity index (χ3v) is 2.69. The number of carbonyl (C=O) groups excluding carboxylic acids is 1. The predicted octanol–water partition coefficient (Wildman–Crippen LogP) is 1.16. The molecule has 80 valence electrons. The van der Waals surface area contributed by atoms with Gasteiger partial charge in [-0.25, -0.2) is 0 Å². The molecule has 0 aromatic rings. The molecule has 1 amide bonds. The molecule has 0 atom stereocenters. The van der Waals surface area contributed by atoms with Gasteiger partial charge in [0, 0.05) is 6.42 Å². The lowest BCUT2D eigenvalue weighted by molar-refractivity contribution is -0.138. The summed E-state index contributed by atoms with van der Waals surface area (Å²) in [4.78, 5) is 21.3. The molecule has 0 spiro atoms. The Kier molecular flexibility index (Phi) is 4.43. The van der Waals surface area contributed by atoms with Crippen molar-refractivity contribution in [3.63, 3.8) is 0 Å². The smallest absolute Gasteiger partial charge is 0.322 e. The van der Waals surface area contributed by atoms with E-state index in [0.717, 1.165) is 6.42 Å². The van der Waals surface area contributed by atoms with Gasteiger partial charge in [0.2, 0.25) is 5.91 Å². The summed E-state index contributed by atoms with van der Waals surface area (Å²) < 4.78 is 0. The first-order valence-corrected chi connectivity index (χ1v) is 5.17. The molecule has 1 saturated carbocycles. The van der Waals surface area contributed by atoms with Crippen molar-refractivity contribution >= 4 is 11.9 Å². The highest BCUT2D eigenvalue weighted by atomic mass is 16.4. The molecule has 0 heterocycles. The Labute approximate surface area is 83.7 Å². The molecule has 4 heteroatoms. The van der Waals surface area contributed by atoms with Gasteiger partial charge in [-0.1, -0.05) is 25.7 Å². The van der Waals surface area contributed by atoms with Crippen molar-refractivity contribution in [2.45, 2.75) is 38.5 Å². The van der Waals surface area contributed by atoms with Crippen LogP contribution in [0.1, 0.15) is 38.5 Å². The van der Waals surface area contributed by atoms with E-state index in [1.165, 1.54) is 25.7 Å². The highest BCUT2D eigenvalue weighted by Gasteiger charge is 2.16. The van der Waals surface area contributed by atoms with Gasteiger partial charge in [-0.2, -0.15) is 0 Å². The third-order valence-electron chi connectivity index (χ3n) is 2.69. The van der Waals surface area contributed by atoms with Crippen LogP contribution in [0.3, 0.4) is 0 Å². The van der Waals surface area contributed by atoms with Crippen LogP contribution < -0.4 is 5.32 Å². The van der Waals surface area contributed by atoms with Crippen molar-refractivity contribution in [3.8, 4) is 0 Å². The molecule has 4 nitrogen and oxygen atoms in total. The molecule has 1 rings (SSSR count). The van der Waals surface area contributed by atoms with Crippen LogP contribution in [-0.4, -0.2) is 23.5 Å². The highest BCUT2D eigenvalue weighted by molar-refractivity contribution is 5.80. The Morgan fingerprint density at radius 2 is 1.93 bits per heavy atom. The zero-order valence-corrected chi connectivity index (χ0v) is 8.29. The average Bonchev–Trinajstić information content (AvgIpc) is 2.63. The summed E-state index contributed by atoms with van der Waals surface area (Å²) >= 11 is 0. The number of carboxylic acid groups (broad SMARTS) is 1. The molecular formula is C10H17NO3. The van der Waals surface area contributed by atoms with Crippen LogP contribution in [0.25, 0.3) is 0 Å². The highest BCUT2D eigenvalue weighted by Crippen LogP contribution is 2.28. The maximum Gasteiger partial charge on any atom is 0.322 e. The van der Waals surface area contributed by atoms with E-state index < -0.39 is 5.97 Å². The second kappa shape index (κ2) is 5.62. The van der Waals surface area contributed by atoms with Crippen molar-refractivity contribution in [1.82, 2.24) is 5.32 Å². The monoisotopic (exact) mass is 199 g/mol. The maximum absolute atomic E-state index is 11.1. The minimum Gasteiger partial charge on any atom is -0.480 e. The first-order valence-electron chi connectivity index (χ1n) is 5.17. The van der Waals surface area contributed by atoms with Crippen LogP contribution in [0, 0.1) is 5.92 Å². The Morgan fingerprint density at radius 1 is 1.29 bits per heavy atom. The van der Waals surface area contributed by atoms with E-state index in [1.807, 2.05) is 0 Å². The van der Waals surface area contributed by atoms with E-state index in [4.69, 9.17) is 5.11 Å². The zero-order valence-electron chi connectivity index (χ0n) is 8.29. The molecule has 0 radical (unpaired) electrons. The fourth-order valence-corrected chi connectivity index (χ4v) is 1.90. The molecule has 0 bridgehead atoms. The number of hydrogen-bond acceptors (Lipinski definition) is 2. The van der Waals surface area contributed by atoms with Crippen molar-refractivity contribution in [1.29, 1.82) is 0 Å². The lowest BCUT2D eigenvalue weighted by Crippen LogP contribution is -2.29. The summed E-state index contributed by atoms with van der Waals surface area (Å²) in [6.45, 7) is -0.260. The van der Waals surface area contributed by atoms with E-state index >= 15 is 0 Å². The van der Waals surface area contributed by atoms with E-state index in [0.29, 0.717) is 12.3 Å². The number of aliphatic carboxylic acids is 1. The number of nitrogens with one attached hydrogen (secondary N) is 1. The molecule has 2 N–H and O–H groups in total. The first kappa shape index (κ1) is 11.0. The van der Waals surface area contributed by atoms with Crippen LogP contribution >= 0.6 is 0 Å². The first-order chi connectivity index (χ1) is 6.68. The van der Waals surface area contributed by atoms with Crippen LogP contribution in [0.2, 0.25) is 0 Å². The minimum atomic E-state index is -0.987. The summed E-state index contributed by atoms with van der Waals surface area (Å²) in [6, 6.07) is 0. The van der Waals surface area contributed by atoms with Gasteiger partial charge in [0.25, 0.3) is 0 Å². The summed E-state index contributed by atoms with van der Waals surface area (Å²) in [5, 5.41) is 10.7. The second-order valence-electron chi connectivity index (χ2n) is 3.86. The van der Waals surface area contributed by atoms with Gasteiger partial charge in [-0.05, 0) is 12.3 Å². The van der Waals surface area contributed by atoms with Crippen LogP contribution in [0.15, 0.2) is 0 Å². The molecule has 1 aliphatic rings. The molecule has 0 aromatic carbocycles. The second-order valence-corrected chi connectivity index (χ2v) is 3.86. The number of carbonyl (C=O) groups is 2. The largest absolute Gasteiger partial charge is 0.480 e. The number of hydrogen-bond donors (Lipinski definition) is 2. The minimum absolute atomic E-state index is 0.140. The SMILES string of the molecule is O=C(O)CNC(=O)CCC1CCCC1. The van der Waals surface area contributed by atoms with Gasteiger partial charge in [0.1, 0.15) is 6.54 Å². The molecule has 0 aliphatic heterocycles. The van der Waals surface area contributed by atoms with Crippen molar-refractivity contribution in [2.24, 2.45) is 5.92 Å². The number of amides is 1. The lowest BCUT2D eigenvalue weighted by Gasteiger charge is -2.07. The standard InChI is InChI=1S/C10H17NO3/c12-9(11-7-10(13)14)6-5-8-3-1-2-4-8/h8H,1-7H2,(H,11,12)(H,13,14). The van der Waals surface area contributed by atoms with Crippen LogP contribution in [-0.2, 0) is 9.59 Å². The number of carboxylic acids is 1. The molecule has 14 heavy (non-hydrogen) atoms. The molecular weight excluding hydrogens is 182 g/mol. The quantitative estimate of drug-likeness (QED) is 0.698. The van der Waals surface area contributed by atoms with Crippen LogP contribution in [0.5, 0.6) is 0 Å². The fourth-order valence-electron chi connectivity index (χ4n) is 1.90. The molecule has 1 aliphatic carbocycles. The summed E-state index contributed by atoms with van der Waals surface area (Å²) in [5.74, 6) is -0.441. The van der Waals surface area contributed by atoms with Gasteiger partial charge in [0.15, 0.2) is 0 Å². The van der Waals surface area contributed by atoms with Crippen molar-refractivity contribution < 1.29 is 14.7 Å². The van der Waals surface area contributed by atoms with E-state index in [2.05, 4.69) is 5.32 Å². The van der Waals surface area contributed by atoms with Crippen LogP contribution in [0.4, 0.5) is 0 Å². The normalized spacial score (nSPS) is 16.9. The van der Waals surface area contributed by atoms with Crippen molar-refractivity contribution in [2.75, 3.05) is 6.54 Å². The fraction of sp³-hybridized carbons (Fsp3) is 0.800. The average molecular weight is 199 g/mol. The summed E-state index contributed by atoms with van der Waals surface area (Å²) in [7, 11) is 0. The topological polar surface area (TPSA) is 66.4 Å². The molecule has 0 saturated heterocycles. The van der Waals surface area contributed by atoms with E-state index in [1.54, 1.807) is 0 Å². The Hall–Kier alpha value is -1.06. The van der Waals surface area contributed by atoms with Gasteiger partial charge in [0.05, 0.1) is 0 Å². The molecule has 0 unspecified atom stereocenters.